The van der Waals surface area contributed by atoms with Gasteiger partial charge in [-0.1, -0.05) is 0 Å². The maximum absolute atomic E-state index is 11.6. The van der Waals surface area contributed by atoms with Crippen LogP contribution in [-0.4, -0.2) is 27.8 Å². The molecule has 0 N–H and O–H groups in total. The molecule has 0 atom stereocenters. The van der Waals surface area contributed by atoms with E-state index in [-0.39, 0.29) is 0 Å². The third kappa shape index (κ3) is 1.92. The first-order valence-corrected chi connectivity index (χ1v) is 6.33. The average molecular weight is 265 g/mol. The standard InChI is InChI=1S/C12H15N3O2S/c1-6-9(7(2)15(4)14-6)11-13-10(8(3)18-11)12(16)17-5/h1-5H3. The van der Waals surface area contributed by atoms with Gasteiger partial charge >= 0.3 is 5.97 Å². The van der Waals surface area contributed by atoms with E-state index in [1.54, 1.807) is 0 Å². The van der Waals surface area contributed by atoms with Crippen molar-refractivity contribution < 1.29 is 9.53 Å². The van der Waals surface area contributed by atoms with Crippen LogP contribution in [-0.2, 0) is 11.8 Å². The largest absolute Gasteiger partial charge is 0.464 e. The molecule has 0 bridgehead atoms. The van der Waals surface area contributed by atoms with Gasteiger partial charge < -0.3 is 4.74 Å². The summed E-state index contributed by atoms with van der Waals surface area (Å²) in [5.74, 6) is -0.394. The summed E-state index contributed by atoms with van der Waals surface area (Å²) in [6.45, 7) is 5.80. The molecule has 6 heteroatoms. The molecule has 0 radical (unpaired) electrons. The van der Waals surface area contributed by atoms with E-state index in [9.17, 15) is 4.79 Å². The van der Waals surface area contributed by atoms with Crippen LogP contribution >= 0.6 is 11.3 Å². The predicted octanol–water partition coefficient (Wildman–Crippen LogP) is 2.26. The molecular formula is C12H15N3O2S. The van der Waals surface area contributed by atoms with Crippen LogP contribution in [0.3, 0.4) is 0 Å². The lowest BCUT2D eigenvalue weighted by molar-refractivity contribution is 0.0594. The van der Waals surface area contributed by atoms with Gasteiger partial charge in [-0.2, -0.15) is 5.10 Å². The Bertz CT molecular complexity index is 613. The average Bonchev–Trinajstić information content (AvgIpc) is 2.80. The summed E-state index contributed by atoms with van der Waals surface area (Å²) in [5, 5.41) is 5.17. The zero-order valence-corrected chi connectivity index (χ0v) is 11.9. The van der Waals surface area contributed by atoms with Gasteiger partial charge in [-0.05, 0) is 20.8 Å². The van der Waals surface area contributed by atoms with Gasteiger partial charge in [0.1, 0.15) is 5.01 Å². The molecule has 2 heterocycles. The first-order valence-electron chi connectivity index (χ1n) is 5.52. The van der Waals surface area contributed by atoms with E-state index in [0.29, 0.717) is 5.69 Å². The second-order valence-electron chi connectivity index (χ2n) is 4.08. The molecule has 2 aromatic heterocycles. The minimum absolute atomic E-state index is 0.389. The van der Waals surface area contributed by atoms with Crippen molar-refractivity contribution in [3.63, 3.8) is 0 Å². The van der Waals surface area contributed by atoms with Crippen molar-refractivity contribution in [3.05, 3.63) is 22.0 Å². The molecule has 0 saturated carbocycles. The Morgan fingerprint density at radius 2 is 2.00 bits per heavy atom. The van der Waals surface area contributed by atoms with Crippen LogP contribution in [0.2, 0.25) is 0 Å². The number of carbonyl (C=O) groups is 1. The zero-order chi connectivity index (χ0) is 13.4. The molecule has 0 aliphatic heterocycles. The van der Waals surface area contributed by atoms with E-state index >= 15 is 0 Å². The van der Waals surface area contributed by atoms with Gasteiger partial charge in [0.2, 0.25) is 0 Å². The maximum atomic E-state index is 11.6. The highest BCUT2D eigenvalue weighted by Crippen LogP contribution is 2.32. The lowest BCUT2D eigenvalue weighted by Gasteiger charge is -1.96. The topological polar surface area (TPSA) is 57.0 Å². The quantitative estimate of drug-likeness (QED) is 0.781. The van der Waals surface area contributed by atoms with E-state index in [0.717, 1.165) is 26.8 Å². The summed E-state index contributed by atoms with van der Waals surface area (Å²) in [6, 6.07) is 0. The molecule has 0 saturated heterocycles. The molecular weight excluding hydrogens is 250 g/mol. The number of thiazole rings is 1. The first-order chi connectivity index (χ1) is 8.45. The lowest BCUT2D eigenvalue weighted by atomic mass is 10.2. The summed E-state index contributed by atoms with van der Waals surface area (Å²) in [4.78, 5) is 16.8. The number of hydrogen-bond donors (Lipinski definition) is 0. The Balaban J connectivity index is 2.56. The highest BCUT2D eigenvalue weighted by molar-refractivity contribution is 7.15. The van der Waals surface area contributed by atoms with Crippen LogP contribution in [0, 0.1) is 20.8 Å². The molecule has 0 amide bonds. The molecule has 5 nitrogen and oxygen atoms in total. The van der Waals surface area contributed by atoms with Crippen molar-refractivity contribution in [2.24, 2.45) is 7.05 Å². The lowest BCUT2D eigenvalue weighted by Crippen LogP contribution is -2.03. The summed E-state index contributed by atoms with van der Waals surface area (Å²) in [6.07, 6.45) is 0. The second-order valence-corrected chi connectivity index (χ2v) is 5.29. The fraction of sp³-hybridized carbons (Fsp3) is 0.417. The zero-order valence-electron chi connectivity index (χ0n) is 11.1. The molecule has 2 aromatic rings. The monoisotopic (exact) mass is 265 g/mol. The van der Waals surface area contributed by atoms with Crippen molar-refractivity contribution in [1.29, 1.82) is 0 Å². The van der Waals surface area contributed by atoms with Gasteiger partial charge in [0, 0.05) is 17.6 Å². The first kappa shape index (κ1) is 12.8. The van der Waals surface area contributed by atoms with Crippen LogP contribution in [0.4, 0.5) is 0 Å². The number of esters is 1. The normalized spacial score (nSPS) is 10.7. The van der Waals surface area contributed by atoms with Crippen molar-refractivity contribution in [2.45, 2.75) is 20.8 Å². The maximum Gasteiger partial charge on any atom is 0.357 e. The van der Waals surface area contributed by atoms with E-state index < -0.39 is 5.97 Å². The molecule has 0 aromatic carbocycles. The number of aryl methyl sites for hydroxylation is 3. The highest BCUT2D eigenvalue weighted by atomic mass is 32.1. The van der Waals surface area contributed by atoms with Crippen LogP contribution in [0.1, 0.15) is 26.8 Å². The van der Waals surface area contributed by atoms with Gasteiger partial charge in [-0.15, -0.1) is 11.3 Å². The number of ether oxygens (including phenoxy) is 1. The summed E-state index contributed by atoms with van der Waals surface area (Å²) in [5.41, 5.74) is 3.35. The number of methoxy groups -OCH3 is 1. The second kappa shape index (κ2) is 4.53. The number of rotatable bonds is 2. The third-order valence-corrected chi connectivity index (χ3v) is 3.89. The van der Waals surface area contributed by atoms with Crippen molar-refractivity contribution in [1.82, 2.24) is 14.8 Å². The predicted molar refractivity (Wildman–Crippen MR) is 69.9 cm³/mol. The van der Waals surface area contributed by atoms with Gasteiger partial charge in [-0.3, -0.25) is 4.68 Å². The number of hydrogen-bond acceptors (Lipinski definition) is 5. The number of nitrogens with zero attached hydrogens (tertiary/aromatic N) is 3. The summed E-state index contributed by atoms with van der Waals surface area (Å²) in [7, 11) is 3.26. The summed E-state index contributed by atoms with van der Waals surface area (Å²) < 4.78 is 6.54. The fourth-order valence-corrected chi connectivity index (χ4v) is 2.92. The van der Waals surface area contributed by atoms with E-state index in [1.807, 2.05) is 32.5 Å². The minimum atomic E-state index is -0.394. The van der Waals surface area contributed by atoms with Crippen LogP contribution in [0.25, 0.3) is 10.6 Å². The Hall–Kier alpha value is -1.69. The molecule has 2 rings (SSSR count). The van der Waals surface area contributed by atoms with Gasteiger partial charge in [0.05, 0.1) is 18.4 Å². The third-order valence-electron chi connectivity index (χ3n) is 2.90. The highest BCUT2D eigenvalue weighted by Gasteiger charge is 2.20. The summed E-state index contributed by atoms with van der Waals surface area (Å²) >= 11 is 1.49. The Kier molecular flexibility index (Phi) is 3.21. The molecule has 0 aliphatic carbocycles. The van der Waals surface area contributed by atoms with E-state index in [2.05, 4.69) is 10.1 Å². The Morgan fingerprint density at radius 3 is 2.50 bits per heavy atom. The van der Waals surface area contributed by atoms with Crippen LogP contribution in [0.5, 0.6) is 0 Å². The number of aromatic nitrogens is 3. The van der Waals surface area contributed by atoms with Crippen LogP contribution in [0.15, 0.2) is 0 Å². The SMILES string of the molecule is COC(=O)c1nc(-c2c(C)nn(C)c2C)sc1C. The molecule has 0 spiro atoms. The molecule has 0 aliphatic rings. The molecule has 0 fully saturated rings. The van der Waals surface area contributed by atoms with Crippen molar-refractivity contribution in [3.8, 4) is 10.6 Å². The van der Waals surface area contributed by atoms with Gasteiger partial charge in [0.25, 0.3) is 0 Å². The van der Waals surface area contributed by atoms with E-state index in [4.69, 9.17) is 4.74 Å². The number of carbonyl (C=O) groups excluding carboxylic acids is 1. The van der Waals surface area contributed by atoms with E-state index in [1.165, 1.54) is 18.4 Å². The fourth-order valence-electron chi connectivity index (χ4n) is 1.87. The van der Waals surface area contributed by atoms with Gasteiger partial charge in [0.15, 0.2) is 5.69 Å². The molecule has 18 heavy (non-hydrogen) atoms. The smallest absolute Gasteiger partial charge is 0.357 e. The van der Waals surface area contributed by atoms with Gasteiger partial charge in [-0.25, -0.2) is 9.78 Å². The van der Waals surface area contributed by atoms with Crippen molar-refractivity contribution in [2.75, 3.05) is 7.11 Å². The Morgan fingerprint density at radius 1 is 1.33 bits per heavy atom. The van der Waals surface area contributed by atoms with Crippen LogP contribution < -0.4 is 0 Å². The molecule has 96 valence electrons. The Labute approximate surface area is 109 Å². The molecule has 0 unspecified atom stereocenters. The minimum Gasteiger partial charge on any atom is -0.464 e. The van der Waals surface area contributed by atoms with Crippen molar-refractivity contribution >= 4 is 17.3 Å².